The predicted octanol–water partition coefficient (Wildman–Crippen LogP) is 3.46. The van der Waals surface area contributed by atoms with Crippen LogP contribution in [-0.4, -0.2) is 5.91 Å². The fourth-order valence-corrected chi connectivity index (χ4v) is 1.19. The molecular formula is C11H13ClFNO. The molecule has 1 rings (SSSR count). The van der Waals surface area contributed by atoms with Gasteiger partial charge in [0, 0.05) is 10.9 Å². The number of halogens is 2. The van der Waals surface area contributed by atoms with E-state index in [2.05, 4.69) is 5.32 Å². The van der Waals surface area contributed by atoms with Gasteiger partial charge in [0.25, 0.3) is 0 Å². The van der Waals surface area contributed by atoms with Crippen LogP contribution < -0.4 is 5.32 Å². The third kappa shape index (κ3) is 3.20. The van der Waals surface area contributed by atoms with Gasteiger partial charge in [-0.1, -0.05) is 25.4 Å². The van der Waals surface area contributed by atoms with Gasteiger partial charge in [-0.05, 0) is 24.6 Å². The molecule has 0 heterocycles. The smallest absolute Gasteiger partial charge is 0.227 e. The van der Waals surface area contributed by atoms with Crippen LogP contribution in [0.15, 0.2) is 18.2 Å². The summed E-state index contributed by atoms with van der Waals surface area (Å²) in [6.07, 6.45) is 0.723. The van der Waals surface area contributed by atoms with Crippen molar-refractivity contribution in [2.24, 2.45) is 5.92 Å². The molecule has 0 aromatic heterocycles. The fourth-order valence-electron chi connectivity index (χ4n) is 1.03. The molecule has 1 N–H and O–H groups in total. The molecule has 1 aromatic rings. The summed E-state index contributed by atoms with van der Waals surface area (Å²) >= 11 is 5.59. The van der Waals surface area contributed by atoms with Gasteiger partial charge in [-0.2, -0.15) is 0 Å². The molecule has 82 valence electrons. The summed E-state index contributed by atoms with van der Waals surface area (Å²) in [5, 5.41) is 2.83. The Kier molecular flexibility index (Phi) is 4.09. The molecule has 1 amide bonds. The normalized spacial score (nSPS) is 12.3. The first-order chi connectivity index (χ1) is 7.04. The van der Waals surface area contributed by atoms with E-state index in [-0.39, 0.29) is 17.5 Å². The van der Waals surface area contributed by atoms with Crippen LogP contribution in [0.5, 0.6) is 0 Å². The average molecular weight is 230 g/mol. The van der Waals surface area contributed by atoms with Gasteiger partial charge in [0.05, 0.1) is 5.69 Å². The van der Waals surface area contributed by atoms with E-state index in [1.165, 1.54) is 18.2 Å². The van der Waals surface area contributed by atoms with Crippen LogP contribution in [0.4, 0.5) is 10.1 Å². The van der Waals surface area contributed by atoms with E-state index in [9.17, 15) is 9.18 Å². The fraction of sp³-hybridized carbons (Fsp3) is 0.364. The summed E-state index contributed by atoms with van der Waals surface area (Å²) in [5.41, 5.74) is 0.171. The molecule has 0 aliphatic rings. The maximum atomic E-state index is 13.3. The van der Waals surface area contributed by atoms with E-state index in [0.29, 0.717) is 5.02 Å². The number of nitrogens with one attached hydrogen (secondary N) is 1. The maximum absolute atomic E-state index is 13.3. The Labute approximate surface area is 93.4 Å². The molecular weight excluding hydrogens is 217 g/mol. The minimum atomic E-state index is -0.515. The number of carbonyl (C=O) groups is 1. The van der Waals surface area contributed by atoms with Crippen LogP contribution in [0.3, 0.4) is 0 Å². The zero-order valence-electron chi connectivity index (χ0n) is 8.68. The van der Waals surface area contributed by atoms with Crippen molar-refractivity contribution in [2.75, 3.05) is 5.32 Å². The minimum absolute atomic E-state index is 0.125. The zero-order valence-corrected chi connectivity index (χ0v) is 9.44. The number of anilines is 1. The van der Waals surface area contributed by atoms with Crippen LogP contribution >= 0.6 is 11.6 Å². The van der Waals surface area contributed by atoms with E-state index in [1.54, 1.807) is 6.92 Å². The highest BCUT2D eigenvalue weighted by Crippen LogP contribution is 2.19. The molecule has 0 saturated heterocycles. The van der Waals surface area contributed by atoms with Crippen LogP contribution in [0.25, 0.3) is 0 Å². The lowest BCUT2D eigenvalue weighted by atomic mass is 10.1. The Morgan fingerprint density at radius 3 is 2.80 bits per heavy atom. The lowest BCUT2D eigenvalue weighted by molar-refractivity contribution is -0.119. The molecule has 0 fully saturated rings. The standard InChI is InChI=1S/C11H13ClFNO/c1-3-7(2)11(15)14-10-5-4-8(12)6-9(10)13/h4-7H,3H2,1-2H3,(H,14,15). The monoisotopic (exact) mass is 229 g/mol. The number of amides is 1. The molecule has 0 radical (unpaired) electrons. The van der Waals surface area contributed by atoms with E-state index >= 15 is 0 Å². The Morgan fingerprint density at radius 2 is 2.27 bits per heavy atom. The van der Waals surface area contributed by atoms with Gasteiger partial charge < -0.3 is 5.32 Å². The van der Waals surface area contributed by atoms with Crippen molar-refractivity contribution in [1.29, 1.82) is 0 Å². The van der Waals surface area contributed by atoms with E-state index < -0.39 is 5.82 Å². The molecule has 1 atom stereocenters. The second kappa shape index (κ2) is 5.12. The topological polar surface area (TPSA) is 29.1 Å². The van der Waals surface area contributed by atoms with Crippen molar-refractivity contribution in [3.63, 3.8) is 0 Å². The number of hydrogen-bond donors (Lipinski definition) is 1. The van der Waals surface area contributed by atoms with Gasteiger partial charge in [-0.15, -0.1) is 0 Å². The molecule has 0 aliphatic heterocycles. The number of carbonyl (C=O) groups excluding carboxylic acids is 1. The Bertz CT molecular complexity index is 368. The Morgan fingerprint density at radius 1 is 1.60 bits per heavy atom. The van der Waals surface area contributed by atoms with E-state index in [1.807, 2.05) is 6.92 Å². The summed E-state index contributed by atoms with van der Waals surface area (Å²) in [7, 11) is 0. The van der Waals surface area contributed by atoms with Crippen molar-refractivity contribution in [2.45, 2.75) is 20.3 Å². The molecule has 4 heteroatoms. The molecule has 2 nitrogen and oxygen atoms in total. The second-order valence-corrected chi connectivity index (χ2v) is 3.86. The predicted molar refractivity (Wildman–Crippen MR) is 59.5 cm³/mol. The van der Waals surface area contributed by atoms with Crippen molar-refractivity contribution in [3.8, 4) is 0 Å². The lowest BCUT2D eigenvalue weighted by Gasteiger charge is -2.10. The lowest BCUT2D eigenvalue weighted by Crippen LogP contribution is -2.20. The third-order valence-electron chi connectivity index (χ3n) is 2.25. The van der Waals surface area contributed by atoms with Crippen molar-refractivity contribution in [1.82, 2.24) is 0 Å². The number of rotatable bonds is 3. The van der Waals surface area contributed by atoms with Crippen LogP contribution in [0, 0.1) is 11.7 Å². The molecule has 1 unspecified atom stereocenters. The van der Waals surface area contributed by atoms with Gasteiger partial charge in [0.2, 0.25) is 5.91 Å². The summed E-state index contributed by atoms with van der Waals surface area (Å²) < 4.78 is 13.3. The minimum Gasteiger partial charge on any atom is -0.323 e. The van der Waals surface area contributed by atoms with Crippen LogP contribution in [0.1, 0.15) is 20.3 Å². The van der Waals surface area contributed by atoms with Crippen molar-refractivity contribution in [3.05, 3.63) is 29.0 Å². The molecule has 1 aromatic carbocycles. The SMILES string of the molecule is CCC(C)C(=O)Nc1ccc(Cl)cc1F. The second-order valence-electron chi connectivity index (χ2n) is 3.42. The average Bonchev–Trinajstić information content (AvgIpc) is 2.20. The summed E-state index contributed by atoms with van der Waals surface area (Å²) in [5.74, 6) is -0.821. The van der Waals surface area contributed by atoms with Crippen LogP contribution in [0.2, 0.25) is 5.02 Å². The van der Waals surface area contributed by atoms with Gasteiger partial charge in [0.1, 0.15) is 5.82 Å². The first kappa shape index (κ1) is 12.0. The molecule has 0 spiro atoms. The van der Waals surface area contributed by atoms with Gasteiger partial charge in [0.15, 0.2) is 0 Å². The molecule has 0 bridgehead atoms. The summed E-state index contributed by atoms with van der Waals surface area (Å²) in [6, 6.07) is 4.17. The summed E-state index contributed by atoms with van der Waals surface area (Å²) in [6.45, 7) is 3.70. The Balaban J connectivity index is 2.77. The quantitative estimate of drug-likeness (QED) is 0.845. The first-order valence-corrected chi connectivity index (χ1v) is 5.18. The molecule has 0 saturated carbocycles. The molecule has 15 heavy (non-hydrogen) atoms. The number of hydrogen-bond acceptors (Lipinski definition) is 1. The number of benzene rings is 1. The Hall–Kier alpha value is -1.09. The van der Waals surface area contributed by atoms with Crippen molar-refractivity contribution >= 4 is 23.2 Å². The van der Waals surface area contributed by atoms with Gasteiger partial charge >= 0.3 is 0 Å². The highest BCUT2D eigenvalue weighted by molar-refractivity contribution is 6.30. The zero-order chi connectivity index (χ0) is 11.4. The van der Waals surface area contributed by atoms with Crippen molar-refractivity contribution < 1.29 is 9.18 Å². The summed E-state index contributed by atoms with van der Waals surface area (Å²) in [4.78, 5) is 11.5. The molecule has 0 aliphatic carbocycles. The first-order valence-electron chi connectivity index (χ1n) is 4.80. The van der Waals surface area contributed by atoms with E-state index in [0.717, 1.165) is 6.42 Å². The highest BCUT2D eigenvalue weighted by atomic mass is 35.5. The van der Waals surface area contributed by atoms with Gasteiger partial charge in [-0.25, -0.2) is 4.39 Å². The van der Waals surface area contributed by atoms with Gasteiger partial charge in [-0.3, -0.25) is 4.79 Å². The third-order valence-corrected chi connectivity index (χ3v) is 2.48. The maximum Gasteiger partial charge on any atom is 0.227 e. The van der Waals surface area contributed by atoms with Crippen LogP contribution in [-0.2, 0) is 4.79 Å². The highest BCUT2D eigenvalue weighted by Gasteiger charge is 2.12. The van der Waals surface area contributed by atoms with E-state index in [4.69, 9.17) is 11.6 Å². The largest absolute Gasteiger partial charge is 0.323 e.